The number of fused-ring (bicyclic) bond motifs is 1. The monoisotopic (exact) mass is 788 g/mol. The van der Waals surface area contributed by atoms with E-state index in [2.05, 4.69) is 31.9 Å². The van der Waals surface area contributed by atoms with Gasteiger partial charge in [-0.2, -0.15) is 9.49 Å². The minimum absolute atomic E-state index is 0.0266. The molecule has 12 nitrogen and oxygen atoms in total. The second-order valence-electron chi connectivity index (χ2n) is 13.7. The molecule has 1 aliphatic rings. The van der Waals surface area contributed by atoms with Gasteiger partial charge in [0, 0.05) is 63.0 Å². The molecule has 0 saturated carbocycles. The van der Waals surface area contributed by atoms with Crippen LogP contribution in [0.15, 0.2) is 71.5 Å². The number of hydrogen-bond acceptors (Lipinski definition) is 11. The Morgan fingerprint density at radius 3 is 2.58 bits per heavy atom. The maximum Gasteiger partial charge on any atom is 0.345 e. The van der Waals surface area contributed by atoms with E-state index in [0.29, 0.717) is 60.5 Å². The molecule has 0 unspecified atom stereocenters. The molecule has 6 aromatic rings. The molecule has 4 aromatic heterocycles. The number of benzene rings is 2. The topological polar surface area (TPSA) is 128 Å². The van der Waals surface area contributed by atoms with Crippen LogP contribution in [0.1, 0.15) is 36.7 Å². The number of halogens is 2. The van der Waals surface area contributed by atoms with Crippen molar-refractivity contribution < 1.29 is 32.9 Å². The van der Waals surface area contributed by atoms with Gasteiger partial charge in [0.15, 0.2) is 0 Å². The first-order chi connectivity index (χ1) is 26.6. The summed E-state index contributed by atoms with van der Waals surface area (Å²) in [4.78, 5) is 27.5. The zero-order valence-electron chi connectivity index (χ0n) is 31.0. The minimum Gasteiger partial charge on any atom is -0.491 e. The number of carboxylic acids is 1. The molecule has 0 radical (unpaired) electrons. The fourth-order valence-corrected chi connectivity index (χ4v) is 7.99. The van der Waals surface area contributed by atoms with Crippen molar-refractivity contribution >= 4 is 39.1 Å². The molecule has 15 heteroatoms. The van der Waals surface area contributed by atoms with Crippen molar-refractivity contribution in [3.8, 4) is 39.1 Å². The van der Waals surface area contributed by atoms with Crippen LogP contribution in [-0.4, -0.2) is 93.1 Å². The fraction of sp³-hybridized carbons (Fsp3) is 0.350. The van der Waals surface area contributed by atoms with Crippen molar-refractivity contribution in [2.24, 2.45) is 0 Å². The summed E-state index contributed by atoms with van der Waals surface area (Å²) in [5, 5.41) is 15.7. The predicted octanol–water partition coefficient (Wildman–Crippen LogP) is 7.78. The van der Waals surface area contributed by atoms with Gasteiger partial charge in [-0.05, 0) is 68.8 Å². The Kier molecular flexibility index (Phi) is 11.7. The molecule has 55 heavy (non-hydrogen) atoms. The number of hydrogen-bond donors (Lipinski definition) is 1. The second-order valence-corrected chi connectivity index (χ2v) is 15.1. The van der Waals surface area contributed by atoms with Gasteiger partial charge in [0.25, 0.3) is 6.01 Å². The van der Waals surface area contributed by atoms with E-state index in [1.54, 1.807) is 18.3 Å². The van der Waals surface area contributed by atoms with Gasteiger partial charge in [0.05, 0.1) is 21.0 Å². The number of thiophene rings is 1. The van der Waals surface area contributed by atoms with Crippen LogP contribution in [0.5, 0.6) is 17.4 Å². The van der Waals surface area contributed by atoms with Gasteiger partial charge in [-0.1, -0.05) is 35.9 Å². The average molecular weight is 789 g/mol. The van der Waals surface area contributed by atoms with Gasteiger partial charge < -0.3 is 28.6 Å². The molecule has 1 saturated heterocycles. The third kappa shape index (κ3) is 8.47. The summed E-state index contributed by atoms with van der Waals surface area (Å²) in [7, 11) is 2.12. The molecule has 0 aliphatic carbocycles. The summed E-state index contributed by atoms with van der Waals surface area (Å²) in [5.74, 6) is 0.182. The van der Waals surface area contributed by atoms with Crippen LogP contribution in [0.4, 0.5) is 4.39 Å². The normalized spacial score (nSPS) is 14.5. The van der Waals surface area contributed by atoms with Crippen LogP contribution in [0.2, 0.25) is 5.02 Å². The molecule has 2 aromatic carbocycles. The standard InChI is InChI=1S/C40H42ClFN6O6S/c1-24(2)48-27(13-14-45-48)22-52-29-8-6-5-7-26(29)21-32(40(49)50)54-38-35-34(37(31-11-12-33(42)53-31)55-39(35)44-23-43-38)28-9-10-30(36(41)25(28)3)51-20-19-47-17-15-46(4)16-18-47/h5-14,23-24,32H,15-22H2,1-4H3,(H,49,50)/t32-/m1/s1. The van der Waals surface area contributed by atoms with E-state index in [4.69, 9.17) is 30.2 Å². The maximum absolute atomic E-state index is 14.3. The summed E-state index contributed by atoms with van der Waals surface area (Å²) in [5.41, 5.74) is 3.47. The Morgan fingerprint density at radius 2 is 1.84 bits per heavy atom. The van der Waals surface area contributed by atoms with Crippen LogP contribution in [0.3, 0.4) is 0 Å². The lowest BCUT2D eigenvalue weighted by atomic mass is 9.97. The van der Waals surface area contributed by atoms with Gasteiger partial charge in [-0.3, -0.25) is 9.58 Å². The van der Waals surface area contributed by atoms with E-state index in [0.717, 1.165) is 38.4 Å². The third-order valence-corrected chi connectivity index (χ3v) is 11.2. The number of ether oxygens (including phenoxy) is 3. The Bertz CT molecular complexity index is 2280. The van der Waals surface area contributed by atoms with Gasteiger partial charge in [-0.15, -0.1) is 11.3 Å². The summed E-state index contributed by atoms with van der Waals surface area (Å²) < 4.78 is 40.3. The van der Waals surface area contributed by atoms with E-state index in [9.17, 15) is 14.3 Å². The molecule has 0 spiro atoms. The number of para-hydroxylation sites is 1. The highest BCUT2D eigenvalue weighted by Gasteiger charge is 2.29. The van der Waals surface area contributed by atoms with E-state index in [1.165, 1.54) is 29.8 Å². The highest BCUT2D eigenvalue weighted by Crippen LogP contribution is 2.49. The molecule has 1 atom stereocenters. The number of piperazine rings is 1. The van der Waals surface area contributed by atoms with Gasteiger partial charge in [0.1, 0.15) is 41.6 Å². The summed E-state index contributed by atoms with van der Waals surface area (Å²) >= 11 is 8.23. The minimum atomic E-state index is -1.36. The van der Waals surface area contributed by atoms with E-state index in [1.807, 2.05) is 55.8 Å². The highest BCUT2D eigenvalue weighted by atomic mass is 35.5. The molecular formula is C40H42ClFN6O6S. The highest BCUT2D eigenvalue weighted by molar-refractivity contribution is 7.22. The predicted molar refractivity (Wildman–Crippen MR) is 209 cm³/mol. The van der Waals surface area contributed by atoms with Crippen LogP contribution >= 0.6 is 22.9 Å². The lowest BCUT2D eigenvalue weighted by Crippen LogP contribution is -2.45. The molecule has 5 heterocycles. The molecule has 0 amide bonds. The number of aromatic nitrogens is 4. The smallest absolute Gasteiger partial charge is 0.345 e. The molecule has 288 valence electrons. The molecular weight excluding hydrogens is 747 g/mol. The Labute approximate surface area is 327 Å². The SMILES string of the molecule is Cc1c(-c2c(-c3ccc(F)o3)sc3ncnc(O[C@H](Cc4ccccc4OCc4ccnn4C(C)C)C(=O)O)c23)ccc(OCCN2CCN(C)CC2)c1Cl. The molecule has 7 rings (SSSR count). The van der Waals surface area contributed by atoms with E-state index in [-0.39, 0.29) is 30.7 Å². The lowest BCUT2D eigenvalue weighted by molar-refractivity contribution is -0.145. The molecule has 1 fully saturated rings. The quantitative estimate of drug-likeness (QED) is 0.110. The number of nitrogens with zero attached hydrogens (tertiary/aromatic N) is 6. The summed E-state index contributed by atoms with van der Waals surface area (Å²) in [6.07, 6.45) is 1.65. The van der Waals surface area contributed by atoms with Crippen LogP contribution < -0.4 is 14.2 Å². The Balaban J connectivity index is 1.20. The lowest BCUT2D eigenvalue weighted by Gasteiger charge is -2.32. The first-order valence-corrected chi connectivity index (χ1v) is 19.3. The number of carbonyl (C=O) groups is 1. The van der Waals surface area contributed by atoms with Crippen molar-refractivity contribution in [3.05, 3.63) is 95.0 Å². The van der Waals surface area contributed by atoms with Crippen molar-refractivity contribution in [2.45, 2.75) is 45.9 Å². The number of rotatable bonds is 15. The fourth-order valence-electron chi connectivity index (χ4n) is 6.66. The molecule has 1 N–H and O–H groups in total. The Hall–Kier alpha value is -5.02. The van der Waals surface area contributed by atoms with Crippen LogP contribution in [0.25, 0.3) is 32.0 Å². The molecule has 0 bridgehead atoms. The second kappa shape index (κ2) is 16.8. The number of carboxylic acid groups (broad SMARTS) is 1. The Morgan fingerprint density at radius 1 is 1.04 bits per heavy atom. The van der Waals surface area contributed by atoms with Crippen LogP contribution in [0, 0.1) is 12.9 Å². The van der Waals surface area contributed by atoms with Crippen molar-refractivity contribution in [2.75, 3.05) is 46.4 Å². The van der Waals surface area contributed by atoms with Crippen molar-refractivity contribution in [3.63, 3.8) is 0 Å². The summed E-state index contributed by atoms with van der Waals surface area (Å²) in [6, 6.07) is 15.0. The van der Waals surface area contributed by atoms with E-state index < -0.39 is 18.1 Å². The first kappa shape index (κ1) is 38.3. The first-order valence-electron chi connectivity index (χ1n) is 18.1. The zero-order valence-corrected chi connectivity index (χ0v) is 32.6. The van der Waals surface area contributed by atoms with Crippen molar-refractivity contribution in [1.82, 2.24) is 29.5 Å². The van der Waals surface area contributed by atoms with Gasteiger partial charge in [-0.25, -0.2) is 14.8 Å². The number of furan rings is 1. The molecule has 1 aliphatic heterocycles. The summed E-state index contributed by atoms with van der Waals surface area (Å²) in [6.45, 7) is 11.4. The largest absolute Gasteiger partial charge is 0.491 e. The van der Waals surface area contributed by atoms with Gasteiger partial charge >= 0.3 is 5.97 Å². The van der Waals surface area contributed by atoms with Gasteiger partial charge in [0.2, 0.25) is 12.0 Å². The van der Waals surface area contributed by atoms with Crippen molar-refractivity contribution in [1.29, 1.82) is 0 Å². The third-order valence-electron chi connectivity index (χ3n) is 9.66. The van der Waals surface area contributed by atoms with Crippen LogP contribution in [-0.2, 0) is 17.8 Å². The maximum atomic E-state index is 14.3. The zero-order chi connectivity index (χ0) is 38.6. The number of likely N-dealkylation sites (N-methyl/N-ethyl adjacent to an activating group) is 1. The van der Waals surface area contributed by atoms with E-state index >= 15 is 0 Å². The number of aliphatic carboxylic acids is 1. The average Bonchev–Trinajstić information content (AvgIpc) is 3.92.